The molecule has 1 aromatic carbocycles. The van der Waals surface area contributed by atoms with Crippen LogP contribution in [0.1, 0.15) is 53.7 Å². The zero-order valence-corrected chi connectivity index (χ0v) is 17.4. The Morgan fingerprint density at radius 3 is 2.71 bits per heavy atom. The molecule has 1 aromatic heterocycles. The van der Waals surface area contributed by atoms with E-state index in [1.165, 1.54) is 6.07 Å². The van der Waals surface area contributed by atoms with Crippen LogP contribution in [0, 0.1) is 12.7 Å². The number of hydrogen-bond donors (Lipinski definition) is 2. The molecule has 5 nitrogen and oxygen atoms in total. The highest BCUT2D eigenvalue weighted by atomic mass is 79.9. The Bertz CT molecular complexity index is 996. The first-order chi connectivity index (χ1) is 13.5. The Morgan fingerprint density at radius 1 is 1.25 bits per heavy atom. The number of rotatable bonds is 4. The third-order valence-corrected chi connectivity index (χ3v) is 6.20. The summed E-state index contributed by atoms with van der Waals surface area (Å²) in [5, 5.41) is 6.17. The van der Waals surface area contributed by atoms with Gasteiger partial charge in [-0.2, -0.15) is 0 Å². The fraction of sp³-hybridized carbons (Fsp3) is 0.429. The van der Waals surface area contributed by atoms with E-state index in [1.54, 1.807) is 23.6 Å². The molecule has 0 saturated heterocycles. The Labute approximate surface area is 171 Å². The number of nitrogens with zero attached hydrogens (tertiary/aromatic N) is 1. The molecule has 148 valence electrons. The van der Waals surface area contributed by atoms with Crippen molar-refractivity contribution in [1.82, 2.24) is 9.88 Å². The van der Waals surface area contributed by atoms with Crippen LogP contribution in [0.3, 0.4) is 0 Å². The Balaban J connectivity index is 1.80. The summed E-state index contributed by atoms with van der Waals surface area (Å²) in [6.07, 6.45) is 5.68. The lowest BCUT2D eigenvalue weighted by Gasteiger charge is -2.21. The van der Waals surface area contributed by atoms with Crippen molar-refractivity contribution in [2.45, 2.75) is 58.0 Å². The highest BCUT2D eigenvalue weighted by Gasteiger charge is 2.29. The highest BCUT2D eigenvalue weighted by molar-refractivity contribution is 9.10. The van der Waals surface area contributed by atoms with Gasteiger partial charge in [-0.1, -0.05) is 28.8 Å². The lowest BCUT2D eigenvalue weighted by atomic mass is 10.0. The van der Waals surface area contributed by atoms with Gasteiger partial charge >= 0.3 is 0 Å². The second-order valence-electron chi connectivity index (χ2n) is 7.59. The van der Waals surface area contributed by atoms with Crippen molar-refractivity contribution in [3.8, 4) is 0 Å². The average Bonchev–Trinajstić information content (AvgIpc) is 3.33. The van der Waals surface area contributed by atoms with E-state index in [0.29, 0.717) is 34.3 Å². The first kappa shape index (κ1) is 19.2. The van der Waals surface area contributed by atoms with E-state index in [9.17, 15) is 14.0 Å². The van der Waals surface area contributed by atoms with Gasteiger partial charge in [0, 0.05) is 28.3 Å². The van der Waals surface area contributed by atoms with E-state index in [1.807, 2.05) is 0 Å². The quantitative estimate of drug-likeness (QED) is 0.728. The summed E-state index contributed by atoms with van der Waals surface area (Å²) in [6.45, 7) is 2.31. The van der Waals surface area contributed by atoms with Crippen LogP contribution in [0.25, 0.3) is 0 Å². The standard InChI is InChI=1S/C21H23BrFN3O2/c1-12-19(25-16-9-8-13(22)11-15(16)23)18(17-7-4-10-26(17)21(12)28)20(27)24-14-5-2-3-6-14/h8-9,11,14,25H,2-7,10H2,1H3,(H,24,27). The number of carbonyl (C=O) groups excluding carboxylic acids is 1. The molecule has 2 heterocycles. The van der Waals surface area contributed by atoms with Crippen molar-refractivity contribution < 1.29 is 9.18 Å². The summed E-state index contributed by atoms with van der Waals surface area (Å²) in [5.74, 6) is -0.628. The number of fused-ring (bicyclic) bond motifs is 1. The molecule has 0 radical (unpaired) electrons. The van der Waals surface area contributed by atoms with Crippen molar-refractivity contribution in [1.29, 1.82) is 0 Å². The lowest BCUT2D eigenvalue weighted by molar-refractivity contribution is 0.0937. The van der Waals surface area contributed by atoms with Crippen LogP contribution >= 0.6 is 15.9 Å². The summed E-state index contributed by atoms with van der Waals surface area (Å²) in [5.41, 5.74) is 2.18. The second-order valence-corrected chi connectivity index (χ2v) is 8.50. The zero-order valence-electron chi connectivity index (χ0n) is 15.8. The van der Waals surface area contributed by atoms with Crippen molar-refractivity contribution in [3.63, 3.8) is 0 Å². The number of hydrogen-bond acceptors (Lipinski definition) is 3. The van der Waals surface area contributed by atoms with Gasteiger partial charge in [-0.25, -0.2) is 4.39 Å². The lowest BCUT2D eigenvalue weighted by Crippen LogP contribution is -2.36. The topological polar surface area (TPSA) is 63.1 Å². The maximum Gasteiger partial charge on any atom is 0.255 e. The van der Waals surface area contributed by atoms with Gasteiger partial charge in [-0.3, -0.25) is 9.59 Å². The Hall–Kier alpha value is -2.15. The minimum atomic E-state index is -0.448. The van der Waals surface area contributed by atoms with Crippen LogP contribution in [0.15, 0.2) is 27.5 Å². The number of anilines is 2. The second kappa shape index (κ2) is 7.70. The smallest absolute Gasteiger partial charge is 0.255 e. The SMILES string of the molecule is Cc1c(Nc2ccc(Br)cc2F)c(C(=O)NC2CCCC2)c2n(c1=O)CCC2. The van der Waals surface area contributed by atoms with E-state index >= 15 is 0 Å². The molecule has 4 rings (SSSR count). The minimum absolute atomic E-state index is 0.120. The van der Waals surface area contributed by atoms with E-state index in [4.69, 9.17) is 0 Å². The highest BCUT2D eigenvalue weighted by Crippen LogP contribution is 2.31. The molecule has 1 amide bonds. The van der Waals surface area contributed by atoms with Crippen LogP contribution in [0.2, 0.25) is 0 Å². The van der Waals surface area contributed by atoms with Gasteiger partial charge in [0.1, 0.15) is 5.82 Å². The summed E-state index contributed by atoms with van der Waals surface area (Å²) in [7, 11) is 0. The maximum atomic E-state index is 14.4. The third-order valence-electron chi connectivity index (χ3n) is 5.71. The van der Waals surface area contributed by atoms with Crippen LogP contribution in [0.4, 0.5) is 15.8 Å². The number of pyridine rings is 1. The zero-order chi connectivity index (χ0) is 19.8. The van der Waals surface area contributed by atoms with Crippen molar-refractivity contribution >= 4 is 33.2 Å². The molecule has 2 aliphatic rings. The molecular weight excluding hydrogens is 425 g/mol. The molecule has 0 bridgehead atoms. The molecule has 0 atom stereocenters. The fourth-order valence-corrected chi connectivity index (χ4v) is 4.59. The fourth-order valence-electron chi connectivity index (χ4n) is 4.25. The first-order valence-electron chi connectivity index (χ1n) is 9.75. The molecule has 2 aromatic rings. The molecule has 1 saturated carbocycles. The van der Waals surface area contributed by atoms with Crippen molar-refractivity contribution in [3.05, 3.63) is 55.7 Å². The van der Waals surface area contributed by atoms with Gasteiger partial charge in [0.2, 0.25) is 0 Å². The third kappa shape index (κ3) is 3.48. The van der Waals surface area contributed by atoms with E-state index in [2.05, 4.69) is 26.6 Å². The number of benzene rings is 1. The molecule has 1 fully saturated rings. The van der Waals surface area contributed by atoms with Gasteiger partial charge in [0.15, 0.2) is 0 Å². The predicted molar refractivity (Wildman–Crippen MR) is 111 cm³/mol. The molecule has 28 heavy (non-hydrogen) atoms. The largest absolute Gasteiger partial charge is 0.352 e. The summed E-state index contributed by atoms with van der Waals surface area (Å²) >= 11 is 3.25. The molecule has 7 heteroatoms. The van der Waals surface area contributed by atoms with Gasteiger partial charge in [0.05, 0.1) is 16.9 Å². The van der Waals surface area contributed by atoms with Gasteiger partial charge in [0.25, 0.3) is 11.5 Å². The molecule has 0 spiro atoms. The van der Waals surface area contributed by atoms with Crippen LogP contribution in [-0.2, 0) is 13.0 Å². The Morgan fingerprint density at radius 2 is 2.00 bits per heavy atom. The molecule has 0 unspecified atom stereocenters. The summed E-state index contributed by atoms with van der Waals surface area (Å²) in [6, 6.07) is 4.84. The monoisotopic (exact) mass is 447 g/mol. The molecular formula is C21H23BrFN3O2. The molecule has 1 aliphatic carbocycles. The van der Waals surface area contributed by atoms with E-state index < -0.39 is 5.82 Å². The maximum absolute atomic E-state index is 14.4. The average molecular weight is 448 g/mol. The number of carbonyl (C=O) groups is 1. The normalized spacial score (nSPS) is 16.2. The molecule has 2 N–H and O–H groups in total. The number of halogens is 2. The van der Waals surface area contributed by atoms with Gasteiger partial charge < -0.3 is 15.2 Å². The van der Waals surface area contributed by atoms with Crippen LogP contribution < -0.4 is 16.2 Å². The van der Waals surface area contributed by atoms with Crippen LogP contribution in [0.5, 0.6) is 0 Å². The number of nitrogens with one attached hydrogen (secondary N) is 2. The van der Waals surface area contributed by atoms with Gasteiger partial charge in [-0.15, -0.1) is 0 Å². The first-order valence-corrected chi connectivity index (χ1v) is 10.5. The van der Waals surface area contributed by atoms with Gasteiger partial charge in [-0.05, 0) is 50.8 Å². The molecule has 1 aliphatic heterocycles. The minimum Gasteiger partial charge on any atom is -0.352 e. The van der Waals surface area contributed by atoms with Crippen LogP contribution in [-0.4, -0.2) is 16.5 Å². The predicted octanol–water partition coefficient (Wildman–Crippen LogP) is 4.42. The summed E-state index contributed by atoms with van der Waals surface area (Å²) in [4.78, 5) is 26.0. The van der Waals surface area contributed by atoms with Crippen molar-refractivity contribution in [2.75, 3.05) is 5.32 Å². The van der Waals surface area contributed by atoms with E-state index in [0.717, 1.165) is 37.8 Å². The Kier molecular flexibility index (Phi) is 5.27. The van der Waals surface area contributed by atoms with E-state index in [-0.39, 0.29) is 23.2 Å². The van der Waals surface area contributed by atoms with Crippen molar-refractivity contribution in [2.24, 2.45) is 0 Å². The number of amides is 1. The summed E-state index contributed by atoms with van der Waals surface area (Å²) < 4.78 is 16.7. The number of aromatic nitrogens is 1.